The summed E-state index contributed by atoms with van der Waals surface area (Å²) in [4.78, 5) is 2.40. The van der Waals surface area contributed by atoms with Gasteiger partial charge < -0.3 is 14.4 Å². The van der Waals surface area contributed by atoms with Gasteiger partial charge in [0, 0.05) is 6.54 Å². The van der Waals surface area contributed by atoms with E-state index < -0.39 is 0 Å². The van der Waals surface area contributed by atoms with E-state index in [-0.39, 0.29) is 5.82 Å². The van der Waals surface area contributed by atoms with Gasteiger partial charge in [0.1, 0.15) is 6.61 Å². The molecule has 100 valence electrons. The van der Waals surface area contributed by atoms with Crippen LogP contribution in [0.25, 0.3) is 0 Å². The molecule has 0 bridgehead atoms. The molecule has 1 aliphatic rings. The van der Waals surface area contributed by atoms with Crippen LogP contribution in [-0.2, 0) is 4.74 Å². The predicted molar refractivity (Wildman–Crippen MR) is 68.4 cm³/mol. The first-order chi connectivity index (χ1) is 8.86. The zero-order chi connectivity index (χ0) is 12.6. The smallest absolute Gasteiger partial charge is 0.165 e. The molecule has 1 heterocycles. The van der Waals surface area contributed by atoms with Crippen LogP contribution in [-0.4, -0.2) is 44.4 Å². The zero-order valence-corrected chi connectivity index (χ0v) is 10.6. The lowest BCUT2D eigenvalue weighted by Gasteiger charge is -2.14. The van der Waals surface area contributed by atoms with Crippen LogP contribution < -0.4 is 4.74 Å². The first-order valence-corrected chi connectivity index (χ1v) is 6.54. The van der Waals surface area contributed by atoms with E-state index >= 15 is 0 Å². The maximum absolute atomic E-state index is 13.2. The molecule has 0 aromatic heterocycles. The average Bonchev–Trinajstić information content (AvgIpc) is 2.89. The van der Waals surface area contributed by atoms with Gasteiger partial charge in [-0.1, -0.05) is 12.1 Å². The fraction of sp³-hybridized carbons (Fsp3) is 0.571. The van der Waals surface area contributed by atoms with Crippen LogP contribution in [0.1, 0.15) is 12.8 Å². The quantitative estimate of drug-likeness (QED) is 0.696. The van der Waals surface area contributed by atoms with Crippen LogP contribution >= 0.6 is 0 Å². The topological polar surface area (TPSA) is 21.7 Å². The molecule has 0 N–H and O–H groups in total. The first kappa shape index (κ1) is 13.3. The van der Waals surface area contributed by atoms with Gasteiger partial charge in [-0.25, -0.2) is 4.39 Å². The zero-order valence-electron chi connectivity index (χ0n) is 10.6. The average molecular weight is 253 g/mol. The number of nitrogens with zero attached hydrogens (tertiary/aromatic N) is 1. The van der Waals surface area contributed by atoms with Gasteiger partial charge in [-0.15, -0.1) is 0 Å². The Balaban J connectivity index is 1.52. The second-order valence-corrected chi connectivity index (χ2v) is 4.44. The van der Waals surface area contributed by atoms with Crippen molar-refractivity contribution in [2.45, 2.75) is 12.8 Å². The molecule has 2 rings (SSSR count). The molecule has 4 heteroatoms. The van der Waals surface area contributed by atoms with Crippen molar-refractivity contribution in [3.63, 3.8) is 0 Å². The molecular formula is C14H20FNO2. The molecule has 1 fully saturated rings. The Hall–Kier alpha value is -1.13. The Kier molecular flexibility index (Phi) is 5.42. The molecule has 1 aliphatic heterocycles. The monoisotopic (exact) mass is 253 g/mol. The Morgan fingerprint density at radius 3 is 2.61 bits per heavy atom. The minimum absolute atomic E-state index is 0.292. The van der Waals surface area contributed by atoms with Gasteiger partial charge in [-0.3, -0.25) is 0 Å². The molecule has 1 aromatic carbocycles. The second kappa shape index (κ2) is 7.34. The summed E-state index contributed by atoms with van der Waals surface area (Å²) in [6.07, 6.45) is 2.60. The maximum atomic E-state index is 13.2. The number of likely N-dealkylation sites (tertiary alicyclic amines) is 1. The molecule has 0 unspecified atom stereocenters. The summed E-state index contributed by atoms with van der Waals surface area (Å²) in [5, 5.41) is 0. The van der Waals surface area contributed by atoms with E-state index in [2.05, 4.69) is 4.90 Å². The highest BCUT2D eigenvalue weighted by molar-refractivity contribution is 5.23. The molecule has 0 spiro atoms. The molecule has 1 aromatic rings. The number of rotatable bonds is 7. The molecule has 18 heavy (non-hydrogen) atoms. The number of halogens is 1. The Morgan fingerprint density at radius 2 is 1.83 bits per heavy atom. The van der Waals surface area contributed by atoms with Gasteiger partial charge in [0.05, 0.1) is 13.2 Å². The van der Waals surface area contributed by atoms with Crippen molar-refractivity contribution in [1.29, 1.82) is 0 Å². The molecule has 0 saturated carbocycles. The SMILES string of the molecule is Fc1ccccc1OCCOCCN1CCCC1. The Morgan fingerprint density at radius 1 is 1.06 bits per heavy atom. The van der Waals surface area contributed by atoms with Crippen LogP contribution in [0, 0.1) is 5.82 Å². The molecule has 1 saturated heterocycles. The van der Waals surface area contributed by atoms with Crippen LogP contribution in [0.4, 0.5) is 4.39 Å². The largest absolute Gasteiger partial charge is 0.488 e. The van der Waals surface area contributed by atoms with E-state index in [4.69, 9.17) is 9.47 Å². The normalized spacial score (nSPS) is 16.1. The van der Waals surface area contributed by atoms with Gasteiger partial charge in [0.2, 0.25) is 0 Å². The van der Waals surface area contributed by atoms with E-state index in [0.717, 1.165) is 13.2 Å². The maximum Gasteiger partial charge on any atom is 0.165 e. The highest BCUT2D eigenvalue weighted by atomic mass is 19.1. The minimum atomic E-state index is -0.324. The Bertz CT molecular complexity index is 353. The van der Waals surface area contributed by atoms with Crippen molar-refractivity contribution in [1.82, 2.24) is 4.90 Å². The lowest BCUT2D eigenvalue weighted by molar-refractivity contribution is 0.0835. The summed E-state index contributed by atoms with van der Waals surface area (Å²) in [5.74, 6) is -0.0322. The molecule has 0 aliphatic carbocycles. The van der Waals surface area contributed by atoms with Gasteiger partial charge in [0.15, 0.2) is 11.6 Å². The number of ether oxygens (including phenoxy) is 2. The van der Waals surface area contributed by atoms with Crippen molar-refractivity contribution < 1.29 is 13.9 Å². The van der Waals surface area contributed by atoms with Crippen LogP contribution in [0.3, 0.4) is 0 Å². The summed E-state index contributed by atoms with van der Waals surface area (Å²) < 4.78 is 24.0. The predicted octanol–water partition coefficient (Wildman–Crippen LogP) is 2.32. The molecule has 0 atom stereocenters. The third-order valence-corrected chi connectivity index (χ3v) is 3.07. The second-order valence-electron chi connectivity index (χ2n) is 4.44. The van der Waals surface area contributed by atoms with Gasteiger partial charge >= 0.3 is 0 Å². The van der Waals surface area contributed by atoms with E-state index in [9.17, 15) is 4.39 Å². The summed E-state index contributed by atoms with van der Waals surface area (Å²) in [6.45, 7) is 4.98. The number of hydrogen-bond acceptors (Lipinski definition) is 3. The fourth-order valence-corrected chi connectivity index (χ4v) is 2.07. The molecule has 3 nitrogen and oxygen atoms in total. The Labute approximate surface area is 107 Å². The summed E-state index contributed by atoms with van der Waals surface area (Å²) in [5.41, 5.74) is 0. The van der Waals surface area contributed by atoms with Crippen molar-refractivity contribution in [3.05, 3.63) is 30.1 Å². The van der Waals surface area contributed by atoms with Crippen molar-refractivity contribution in [2.75, 3.05) is 39.5 Å². The van der Waals surface area contributed by atoms with Crippen LogP contribution in [0.5, 0.6) is 5.75 Å². The van der Waals surface area contributed by atoms with E-state index in [1.54, 1.807) is 18.2 Å². The first-order valence-electron chi connectivity index (χ1n) is 6.54. The standard InChI is InChI=1S/C14H20FNO2/c15-13-5-1-2-6-14(13)18-12-11-17-10-9-16-7-3-4-8-16/h1-2,5-6H,3-4,7-12H2. The molecular weight excluding hydrogens is 233 g/mol. The van der Waals surface area contributed by atoms with Gasteiger partial charge in [-0.05, 0) is 38.1 Å². The third-order valence-electron chi connectivity index (χ3n) is 3.07. The minimum Gasteiger partial charge on any atom is -0.488 e. The van der Waals surface area contributed by atoms with E-state index in [0.29, 0.717) is 19.0 Å². The third kappa shape index (κ3) is 4.27. The number of para-hydroxylation sites is 1. The van der Waals surface area contributed by atoms with Crippen LogP contribution in [0.15, 0.2) is 24.3 Å². The molecule has 0 amide bonds. The lowest BCUT2D eigenvalue weighted by atomic mass is 10.3. The van der Waals surface area contributed by atoms with Crippen molar-refractivity contribution in [3.8, 4) is 5.75 Å². The highest BCUT2D eigenvalue weighted by Crippen LogP contribution is 2.14. The van der Waals surface area contributed by atoms with Crippen LogP contribution in [0.2, 0.25) is 0 Å². The summed E-state index contributed by atoms with van der Waals surface area (Å²) in [7, 11) is 0. The number of hydrogen-bond donors (Lipinski definition) is 0. The summed E-state index contributed by atoms with van der Waals surface area (Å²) in [6, 6.07) is 6.42. The molecule has 0 radical (unpaired) electrons. The van der Waals surface area contributed by atoms with E-state index in [1.807, 2.05) is 0 Å². The lowest BCUT2D eigenvalue weighted by Crippen LogP contribution is -2.24. The number of benzene rings is 1. The fourth-order valence-electron chi connectivity index (χ4n) is 2.07. The summed E-state index contributed by atoms with van der Waals surface area (Å²) >= 11 is 0. The highest BCUT2D eigenvalue weighted by Gasteiger charge is 2.10. The van der Waals surface area contributed by atoms with Crippen molar-refractivity contribution >= 4 is 0 Å². The van der Waals surface area contributed by atoms with Crippen molar-refractivity contribution in [2.24, 2.45) is 0 Å². The van der Waals surface area contributed by atoms with E-state index in [1.165, 1.54) is 32.0 Å². The van der Waals surface area contributed by atoms with Gasteiger partial charge in [-0.2, -0.15) is 0 Å². The van der Waals surface area contributed by atoms with Gasteiger partial charge in [0.25, 0.3) is 0 Å².